The van der Waals surface area contributed by atoms with Crippen molar-refractivity contribution in [1.82, 2.24) is 0 Å². The lowest BCUT2D eigenvalue weighted by Gasteiger charge is -2.28. The quantitative estimate of drug-likeness (QED) is 0.102. The van der Waals surface area contributed by atoms with Crippen molar-refractivity contribution >= 4 is 122 Å². The van der Waals surface area contributed by atoms with Gasteiger partial charge >= 0.3 is 0 Å². The van der Waals surface area contributed by atoms with Gasteiger partial charge in [-0.25, -0.2) is 0 Å². The summed E-state index contributed by atoms with van der Waals surface area (Å²) in [6.07, 6.45) is 0. The minimum atomic E-state index is -0.318. The average Bonchev–Trinajstić information content (AvgIpc) is 1.56. The van der Waals surface area contributed by atoms with Crippen LogP contribution in [0.4, 0.5) is 34.1 Å². The van der Waals surface area contributed by atoms with E-state index in [9.17, 15) is 0 Å². The first-order valence-electron chi connectivity index (χ1n) is 45.5. The highest BCUT2D eigenvalue weighted by Gasteiger charge is 2.38. The van der Waals surface area contributed by atoms with Crippen LogP contribution in [-0.2, 0) is 10.8 Å². The van der Waals surface area contributed by atoms with Crippen molar-refractivity contribution < 1.29 is 17.7 Å². The summed E-state index contributed by atoms with van der Waals surface area (Å²) in [5.74, 6) is 0. The van der Waals surface area contributed by atoms with Gasteiger partial charge in [-0.05, 0) is 249 Å². The summed E-state index contributed by atoms with van der Waals surface area (Å²) < 4.78 is 26.2. The number of fused-ring (bicyclic) bond motifs is 18. The zero-order chi connectivity index (χ0) is 87.6. The Morgan fingerprint density at radius 3 is 0.833 bits per heavy atom. The summed E-state index contributed by atoms with van der Waals surface area (Å²) in [6.45, 7) is 9.47. The van der Waals surface area contributed by atoms with E-state index in [0.717, 1.165) is 205 Å². The monoisotopic (exact) mass is 1690 g/mol. The highest BCUT2D eigenvalue weighted by Crippen LogP contribution is 2.55. The summed E-state index contributed by atoms with van der Waals surface area (Å²) in [7, 11) is 0. The Morgan fingerprint density at radius 1 is 0.152 bits per heavy atom. The second kappa shape index (κ2) is 29.9. The second-order valence-corrected chi connectivity index (χ2v) is 36.5. The van der Waals surface area contributed by atoms with Crippen LogP contribution in [0, 0.1) is 0 Å². The van der Waals surface area contributed by atoms with E-state index in [0.29, 0.717) is 0 Å². The predicted molar refractivity (Wildman–Crippen MR) is 549 cm³/mol. The lowest BCUT2D eigenvalue weighted by Crippen LogP contribution is -2.16. The molecule has 6 heteroatoms. The van der Waals surface area contributed by atoms with Gasteiger partial charge in [0.05, 0.1) is 0 Å². The molecule has 0 aliphatic heterocycles. The molecule has 0 atom stereocenters. The fourth-order valence-corrected chi connectivity index (χ4v) is 21.4. The summed E-state index contributed by atoms with van der Waals surface area (Å²) in [5, 5.41) is 8.92. The van der Waals surface area contributed by atoms with E-state index in [1.807, 2.05) is 30.3 Å². The number of para-hydroxylation sites is 6. The molecule has 0 saturated carbocycles. The van der Waals surface area contributed by atoms with Crippen LogP contribution in [-0.4, -0.2) is 0 Å². The van der Waals surface area contributed by atoms with Crippen molar-refractivity contribution in [2.45, 2.75) is 38.5 Å². The molecular formula is C126H84N2O4. The maximum atomic E-state index is 7.02. The molecule has 4 aromatic heterocycles. The van der Waals surface area contributed by atoms with Crippen LogP contribution < -0.4 is 9.80 Å². The molecule has 132 heavy (non-hydrogen) atoms. The van der Waals surface area contributed by atoms with Gasteiger partial charge < -0.3 is 27.5 Å². The van der Waals surface area contributed by atoms with Crippen molar-refractivity contribution in [2.24, 2.45) is 0 Å². The molecule has 2 aliphatic rings. The summed E-state index contributed by atoms with van der Waals surface area (Å²) in [6, 6.07) is 159. The third-order valence-corrected chi connectivity index (χ3v) is 28.4. The average molecular weight is 1690 g/mol. The largest absolute Gasteiger partial charge is 0.456 e. The summed E-state index contributed by atoms with van der Waals surface area (Å²) in [4.78, 5) is 4.82. The lowest BCUT2D eigenvalue weighted by molar-refractivity contribution is 0.660. The van der Waals surface area contributed by atoms with Gasteiger partial charge in [0.25, 0.3) is 0 Å². The Morgan fingerprint density at radius 2 is 0.409 bits per heavy atom. The van der Waals surface area contributed by atoms with E-state index in [-0.39, 0.29) is 10.8 Å². The maximum Gasteiger partial charge on any atom is 0.143 e. The fourth-order valence-electron chi connectivity index (χ4n) is 21.4. The molecule has 0 fully saturated rings. The van der Waals surface area contributed by atoms with Crippen LogP contribution in [0.5, 0.6) is 0 Å². The number of anilines is 6. The van der Waals surface area contributed by atoms with Crippen LogP contribution in [0.3, 0.4) is 0 Å². The predicted octanol–water partition coefficient (Wildman–Crippen LogP) is 35.8. The van der Waals surface area contributed by atoms with Crippen molar-refractivity contribution in [3.63, 3.8) is 0 Å². The zero-order valence-electron chi connectivity index (χ0n) is 73.1. The van der Waals surface area contributed by atoms with Gasteiger partial charge in [0.2, 0.25) is 0 Å². The molecule has 0 unspecified atom stereocenters. The van der Waals surface area contributed by atoms with E-state index in [4.69, 9.17) is 17.7 Å². The normalized spacial score (nSPS) is 13.0. The van der Waals surface area contributed by atoms with E-state index in [1.54, 1.807) is 0 Å². The first-order valence-corrected chi connectivity index (χ1v) is 45.5. The van der Waals surface area contributed by atoms with Gasteiger partial charge in [-0.2, -0.15) is 0 Å². The standard InChI is InChI=1S/C126H84N2O4/c1-125(2)113-26-9-5-16-101(113)102-67-65-96(75-115(102)125)127(92-57-46-83(47-58-92)81-36-32-78(33-37-81)82-42-44-87(45-43-82)98-20-13-23-107-104-17-6-11-28-118(104)130-122(98)107)94-61-50-86(51-62-94)90-56-71-121-112(73-90)109-25-15-22-100(124(109)132-121)91-54-69-114-110(74-91)103-68-66-97(76-116(103)126(114,3)4)128(95-63-52-88(53-64-95)99-21-14-24-108-105-18-7-12-29-119(105)131-123(99)108)93-59-48-84(49-60-93)80-34-30-77(31-35-80)79-38-40-85(41-39-79)89-55-70-120-111(72-89)106-19-8-10-27-117(106)129-120/h5-76H,1-4H3. The second-order valence-electron chi connectivity index (χ2n) is 36.5. The first kappa shape index (κ1) is 76.4. The number of hydrogen-bond donors (Lipinski definition) is 0. The lowest BCUT2D eigenvalue weighted by atomic mass is 9.82. The number of benzene rings is 20. The molecule has 24 aromatic rings. The molecule has 0 N–H and O–H groups in total. The Bertz CT molecular complexity index is 8770. The molecule has 4 heterocycles. The molecule has 0 saturated heterocycles. The zero-order valence-corrected chi connectivity index (χ0v) is 73.1. The van der Waals surface area contributed by atoms with Gasteiger partial charge in [-0.15, -0.1) is 0 Å². The van der Waals surface area contributed by atoms with Gasteiger partial charge in [0.15, 0.2) is 0 Å². The smallest absolute Gasteiger partial charge is 0.143 e. The Balaban J connectivity index is 0.490. The van der Waals surface area contributed by atoms with Crippen LogP contribution in [0.2, 0.25) is 0 Å². The van der Waals surface area contributed by atoms with Crippen LogP contribution in [0.1, 0.15) is 49.9 Å². The fraction of sp³-hybridized carbons (Fsp3) is 0.0476. The van der Waals surface area contributed by atoms with Crippen molar-refractivity contribution in [2.75, 3.05) is 9.80 Å². The topological polar surface area (TPSA) is 59.0 Å². The van der Waals surface area contributed by atoms with Gasteiger partial charge in [-0.1, -0.05) is 343 Å². The third kappa shape index (κ3) is 12.5. The van der Waals surface area contributed by atoms with Crippen molar-refractivity contribution in [3.05, 3.63) is 459 Å². The van der Waals surface area contributed by atoms with Crippen LogP contribution in [0.25, 0.3) is 210 Å². The third-order valence-electron chi connectivity index (χ3n) is 28.4. The number of hydrogen-bond acceptors (Lipinski definition) is 6. The molecule has 0 radical (unpaired) electrons. The van der Waals surface area contributed by atoms with Crippen LogP contribution >= 0.6 is 0 Å². The number of rotatable bonds is 15. The Hall–Kier alpha value is -16.8. The molecule has 6 nitrogen and oxygen atoms in total. The van der Waals surface area contributed by atoms with Crippen molar-refractivity contribution in [1.29, 1.82) is 0 Å². The van der Waals surface area contributed by atoms with E-state index < -0.39 is 0 Å². The highest BCUT2D eigenvalue weighted by molar-refractivity contribution is 6.14. The van der Waals surface area contributed by atoms with E-state index >= 15 is 0 Å². The minimum absolute atomic E-state index is 0.175. The van der Waals surface area contributed by atoms with Gasteiger partial charge in [0, 0.05) is 105 Å². The molecule has 2 aliphatic carbocycles. The number of furan rings is 4. The first-order chi connectivity index (χ1) is 64.9. The molecule has 0 amide bonds. The number of nitrogens with zero attached hydrogens (tertiary/aromatic N) is 2. The summed E-state index contributed by atoms with van der Waals surface area (Å²) in [5.41, 5.74) is 43.7. The highest BCUT2D eigenvalue weighted by atomic mass is 16.3. The van der Waals surface area contributed by atoms with E-state index in [1.165, 1.54) is 61.2 Å². The Labute approximate surface area is 764 Å². The molecule has 0 bridgehead atoms. The maximum absolute atomic E-state index is 7.02. The molecular weight excluding hydrogens is 1610 g/mol. The van der Waals surface area contributed by atoms with E-state index in [2.05, 4.69) is 444 Å². The molecule has 0 spiro atoms. The van der Waals surface area contributed by atoms with Crippen LogP contribution in [0.15, 0.2) is 454 Å². The molecule has 26 rings (SSSR count). The molecule has 20 aromatic carbocycles. The van der Waals surface area contributed by atoms with Crippen molar-refractivity contribution in [3.8, 4) is 122 Å². The Kier molecular flexibility index (Phi) is 17.3. The minimum Gasteiger partial charge on any atom is -0.456 e. The summed E-state index contributed by atoms with van der Waals surface area (Å²) >= 11 is 0. The van der Waals surface area contributed by atoms with Gasteiger partial charge in [-0.3, -0.25) is 0 Å². The molecule has 622 valence electrons. The SMILES string of the molecule is CC1(C)c2ccccc2-c2ccc(N(c3ccc(-c4ccc(-c5ccc(-c6cccc7c6oc6ccccc67)cc5)cc4)cc3)c3ccc(-c4ccc5oc6c(-c7ccc8c(c7)-c7ccc(N(c9ccc(-c%10ccc(-c%11ccc(-c%12ccc%13oc%14ccccc%14c%13c%12)cc%11)cc%10)cc9)c9ccc(-c%10cccc%11c%10oc%10ccccc%10%11)cc9)cc7C8(C)C)cccc6c5c4)cc3)cc21. The van der Waals surface area contributed by atoms with Gasteiger partial charge in [0.1, 0.15) is 44.7 Å².